The fourth-order valence-corrected chi connectivity index (χ4v) is 6.90. The number of hydrogen-bond acceptors (Lipinski definition) is 20. The summed E-state index contributed by atoms with van der Waals surface area (Å²) in [6.45, 7) is -0.117. The van der Waals surface area contributed by atoms with Crippen LogP contribution in [0.25, 0.3) is 6.08 Å². The first kappa shape index (κ1) is 45.5. The molecule has 2 saturated heterocycles. The maximum atomic E-state index is 14.5. The lowest BCUT2D eigenvalue weighted by atomic mass is 9.78. The maximum Gasteiger partial charge on any atom is 0.351 e. The molecule has 0 aromatic heterocycles. The molecule has 59 heavy (non-hydrogen) atoms. The van der Waals surface area contributed by atoms with Crippen molar-refractivity contribution in [2.24, 2.45) is 0 Å². The summed E-state index contributed by atoms with van der Waals surface area (Å²) in [6.07, 6.45) is -20.9. The minimum atomic E-state index is -2.43. The van der Waals surface area contributed by atoms with Gasteiger partial charge in [-0.05, 0) is 17.7 Å². The van der Waals surface area contributed by atoms with Crippen LogP contribution in [-0.4, -0.2) is 163 Å². The Bertz CT molecular complexity index is 1770. The molecule has 20 heteroatoms. The number of hydrogen-bond donors (Lipinski definition) is 8. The van der Waals surface area contributed by atoms with E-state index in [-0.39, 0.29) is 11.3 Å². The Balaban J connectivity index is 1.49. The zero-order valence-electron chi connectivity index (χ0n) is 31.9. The summed E-state index contributed by atoms with van der Waals surface area (Å²) in [5, 5.41) is 82.0. The van der Waals surface area contributed by atoms with Crippen molar-refractivity contribution in [3.63, 3.8) is 0 Å². The maximum absolute atomic E-state index is 14.5. The van der Waals surface area contributed by atoms with Gasteiger partial charge in [-0.3, -0.25) is 9.59 Å². The highest BCUT2D eigenvalue weighted by atomic mass is 16.7. The Morgan fingerprint density at radius 3 is 1.88 bits per heavy atom. The first-order valence-corrected chi connectivity index (χ1v) is 18.6. The summed E-state index contributed by atoms with van der Waals surface area (Å²) < 4.78 is 45.3. The van der Waals surface area contributed by atoms with Gasteiger partial charge in [-0.2, -0.15) is 0 Å². The summed E-state index contributed by atoms with van der Waals surface area (Å²) in [6, 6.07) is 14.5. The quantitative estimate of drug-likeness (QED) is 0.0566. The van der Waals surface area contributed by atoms with Gasteiger partial charge in [0.2, 0.25) is 11.9 Å². The van der Waals surface area contributed by atoms with Crippen molar-refractivity contribution in [2.45, 2.75) is 119 Å². The third-order valence-electron chi connectivity index (χ3n) is 9.87. The van der Waals surface area contributed by atoms with Gasteiger partial charge in [0.05, 0.1) is 13.2 Å². The van der Waals surface area contributed by atoms with Crippen LogP contribution in [0.15, 0.2) is 60.7 Å². The third-order valence-corrected chi connectivity index (χ3v) is 9.87. The largest absolute Gasteiger partial charge is 0.462 e. The molecular weight excluding hydrogens is 788 g/mol. The summed E-state index contributed by atoms with van der Waals surface area (Å²) >= 11 is 0. The summed E-state index contributed by atoms with van der Waals surface area (Å²) in [4.78, 5) is 52.9. The number of aliphatic hydroxyl groups is 8. The molecule has 0 unspecified atom stereocenters. The number of esters is 4. The molecule has 0 amide bonds. The zero-order chi connectivity index (χ0) is 43.0. The van der Waals surface area contributed by atoms with Crippen molar-refractivity contribution in [3.05, 3.63) is 71.8 Å². The topological polar surface area (TPSA) is 304 Å². The molecule has 3 aliphatic rings. The fraction of sp³-hybridized carbons (Fsp3) is 0.538. The molecule has 1 aliphatic carbocycles. The van der Waals surface area contributed by atoms with E-state index in [2.05, 4.69) is 0 Å². The zero-order valence-corrected chi connectivity index (χ0v) is 31.9. The summed E-state index contributed by atoms with van der Waals surface area (Å²) in [5.41, 5.74) is -1.71. The molecule has 2 heterocycles. The standard InChI is InChI=1S/C39H48O20/c1-19(42)53-24-14-39(59-28(44)13-12-21-8-4-3-5-9-21,15-25(35(24)54-20(2)43)56-37-34(50)32(48)30(46)27(17-41)58-37)38(51)52-18-22-10-6-7-11-23(22)55-36-33(49)31(47)29(45)26(16-40)57-36/h3-13,24-27,29-37,40-41,45-50H,14-18H2,1-2H3/b13-12+/t24-,25-,26-,27-,29-,30-,31+,32+,33-,34-,35-,36-,37-,39+/m1/s1. The van der Waals surface area contributed by atoms with E-state index in [0.717, 1.165) is 19.9 Å². The molecule has 0 spiro atoms. The second-order valence-corrected chi connectivity index (χ2v) is 14.2. The minimum absolute atomic E-state index is 0.0401. The van der Waals surface area contributed by atoms with Crippen molar-refractivity contribution in [1.82, 2.24) is 0 Å². The Kier molecular flexibility index (Phi) is 15.5. The highest BCUT2D eigenvalue weighted by Gasteiger charge is 2.59. The van der Waals surface area contributed by atoms with E-state index in [1.165, 1.54) is 24.3 Å². The monoisotopic (exact) mass is 836 g/mol. The summed E-state index contributed by atoms with van der Waals surface area (Å²) in [7, 11) is 0. The van der Waals surface area contributed by atoms with E-state index >= 15 is 0 Å². The summed E-state index contributed by atoms with van der Waals surface area (Å²) in [5.74, 6) is -4.19. The van der Waals surface area contributed by atoms with Crippen molar-refractivity contribution >= 4 is 30.0 Å². The molecule has 5 rings (SSSR count). The molecular formula is C39H48O20. The van der Waals surface area contributed by atoms with Crippen LogP contribution in [0.1, 0.15) is 37.8 Å². The van der Waals surface area contributed by atoms with Crippen LogP contribution in [0.4, 0.5) is 0 Å². The van der Waals surface area contributed by atoms with Crippen molar-refractivity contribution in [1.29, 1.82) is 0 Å². The SMILES string of the molecule is CC(=O)O[C@@H]1[C@H](OC(C)=O)C[C@@](OC(=O)/C=C/c2ccccc2)(C(=O)OCc2ccccc2O[C@@H]2O[C@H](CO)[C@@H](O)[C@H](O)[C@H]2O)C[C@H]1O[C@@H]1O[C@H](CO)[C@@H](O)[C@H](O)[C@H]1O. The van der Waals surface area contributed by atoms with Crippen LogP contribution in [0.3, 0.4) is 0 Å². The molecule has 3 fully saturated rings. The van der Waals surface area contributed by atoms with E-state index in [4.69, 9.17) is 37.9 Å². The Hall–Kier alpha value is -4.58. The first-order chi connectivity index (χ1) is 28.1. The van der Waals surface area contributed by atoms with Crippen LogP contribution in [0, 0.1) is 0 Å². The molecule has 14 atom stereocenters. The van der Waals surface area contributed by atoms with Crippen LogP contribution in [0.2, 0.25) is 0 Å². The van der Waals surface area contributed by atoms with Gasteiger partial charge in [0.25, 0.3) is 0 Å². The number of ether oxygens (including phenoxy) is 8. The van der Waals surface area contributed by atoms with Gasteiger partial charge in [0.1, 0.15) is 73.4 Å². The molecule has 2 aromatic rings. The molecule has 20 nitrogen and oxygen atoms in total. The number of aliphatic hydroxyl groups excluding tert-OH is 8. The number of para-hydroxylation sites is 1. The molecule has 0 radical (unpaired) electrons. The Morgan fingerprint density at radius 1 is 0.712 bits per heavy atom. The van der Waals surface area contributed by atoms with Crippen LogP contribution in [-0.2, 0) is 58.9 Å². The van der Waals surface area contributed by atoms with E-state index < -0.39 is 142 Å². The van der Waals surface area contributed by atoms with E-state index in [0.29, 0.717) is 5.56 Å². The Morgan fingerprint density at radius 2 is 1.27 bits per heavy atom. The minimum Gasteiger partial charge on any atom is -0.462 e. The van der Waals surface area contributed by atoms with Crippen molar-refractivity contribution < 1.29 is 97.9 Å². The normalized spacial score (nSPS) is 34.7. The number of rotatable bonds is 14. The molecule has 324 valence electrons. The van der Waals surface area contributed by atoms with Gasteiger partial charge in [-0.15, -0.1) is 0 Å². The van der Waals surface area contributed by atoms with Gasteiger partial charge in [-0.25, -0.2) is 9.59 Å². The molecule has 2 aliphatic heterocycles. The second kappa shape index (κ2) is 20.1. The van der Waals surface area contributed by atoms with Crippen LogP contribution in [0.5, 0.6) is 5.75 Å². The molecule has 8 N–H and O–H groups in total. The average molecular weight is 837 g/mol. The molecule has 0 bridgehead atoms. The number of benzene rings is 2. The van der Waals surface area contributed by atoms with Gasteiger partial charge in [0.15, 0.2) is 12.4 Å². The van der Waals surface area contributed by atoms with Gasteiger partial charge >= 0.3 is 23.9 Å². The van der Waals surface area contributed by atoms with E-state index in [9.17, 15) is 60.0 Å². The van der Waals surface area contributed by atoms with E-state index in [1.54, 1.807) is 36.4 Å². The highest BCUT2D eigenvalue weighted by molar-refractivity contribution is 5.91. The average Bonchev–Trinajstić information content (AvgIpc) is 3.21. The lowest BCUT2D eigenvalue weighted by Gasteiger charge is -2.47. The molecule has 2 aromatic carbocycles. The smallest absolute Gasteiger partial charge is 0.351 e. The van der Waals surface area contributed by atoms with Crippen LogP contribution >= 0.6 is 0 Å². The lowest BCUT2D eigenvalue weighted by Crippen LogP contribution is -2.64. The Labute approximate surface area is 337 Å². The van der Waals surface area contributed by atoms with Crippen molar-refractivity contribution in [2.75, 3.05) is 13.2 Å². The van der Waals surface area contributed by atoms with Gasteiger partial charge < -0.3 is 78.7 Å². The number of carbonyl (C=O) groups excluding carboxylic acids is 4. The van der Waals surface area contributed by atoms with Gasteiger partial charge in [0, 0.05) is 38.3 Å². The second-order valence-electron chi connectivity index (χ2n) is 14.2. The first-order valence-electron chi connectivity index (χ1n) is 18.6. The van der Waals surface area contributed by atoms with Crippen molar-refractivity contribution in [3.8, 4) is 5.75 Å². The lowest BCUT2D eigenvalue weighted by molar-refractivity contribution is -0.327. The highest BCUT2D eigenvalue weighted by Crippen LogP contribution is 2.40. The van der Waals surface area contributed by atoms with Gasteiger partial charge in [-0.1, -0.05) is 48.5 Å². The van der Waals surface area contributed by atoms with Crippen LogP contribution < -0.4 is 4.74 Å². The number of carbonyl (C=O) groups is 4. The fourth-order valence-electron chi connectivity index (χ4n) is 6.90. The predicted molar refractivity (Wildman–Crippen MR) is 194 cm³/mol. The predicted octanol–water partition coefficient (Wildman–Crippen LogP) is -2.25. The molecule has 1 saturated carbocycles. The third kappa shape index (κ3) is 11.0. The van der Waals surface area contributed by atoms with E-state index in [1.807, 2.05) is 0 Å².